The van der Waals surface area contributed by atoms with E-state index in [0.717, 1.165) is 19.1 Å². The number of sulfonamides is 1. The number of carbonyl (C=O) groups is 1. The molecule has 166 valence electrons. The molecule has 10 heteroatoms. The third-order valence-electron chi connectivity index (χ3n) is 5.92. The molecule has 2 aliphatic heterocycles. The number of nitrogens with one attached hydrogen (secondary N) is 1. The van der Waals surface area contributed by atoms with Crippen LogP contribution in [0.4, 0.5) is 0 Å². The number of benzene rings is 1. The molecule has 31 heavy (non-hydrogen) atoms. The van der Waals surface area contributed by atoms with Crippen LogP contribution in [0.2, 0.25) is 0 Å². The lowest BCUT2D eigenvalue weighted by molar-refractivity contribution is 0.0598. The van der Waals surface area contributed by atoms with Crippen LogP contribution >= 0.6 is 0 Å². The van der Waals surface area contributed by atoms with Crippen LogP contribution in [-0.4, -0.2) is 60.0 Å². The number of amides is 1. The molecule has 3 heterocycles. The molecule has 2 aliphatic rings. The van der Waals surface area contributed by atoms with Crippen molar-refractivity contribution in [3.63, 3.8) is 0 Å². The number of hydrogen-bond acceptors (Lipinski definition) is 6. The van der Waals surface area contributed by atoms with Gasteiger partial charge in [-0.1, -0.05) is 6.07 Å². The number of hydrogen-bond donors (Lipinski definition) is 1. The van der Waals surface area contributed by atoms with Crippen LogP contribution in [0.1, 0.15) is 52.7 Å². The molecule has 1 aromatic carbocycles. The van der Waals surface area contributed by atoms with Gasteiger partial charge >= 0.3 is 0 Å². The first kappa shape index (κ1) is 21.5. The van der Waals surface area contributed by atoms with Gasteiger partial charge in [0.15, 0.2) is 0 Å². The van der Waals surface area contributed by atoms with Gasteiger partial charge in [0.25, 0.3) is 11.5 Å². The first-order valence-corrected chi connectivity index (χ1v) is 12.1. The van der Waals surface area contributed by atoms with Crippen LogP contribution in [0.5, 0.6) is 5.75 Å². The molecule has 1 N–H and O–H groups in total. The summed E-state index contributed by atoms with van der Waals surface area (Å²) in [6.45, 7) is 0.885. The lowest BCUT2D eigenvalue weighted by atomic mass is 9.99. The highest BCUT2D eigenvalue weighted by atomic mass is 32.2. The van der Waals surface area contributed by atoms with Gasteiger partial charge in [-0.15, -0.1) is 0 Å². The van der Waals surface area contributed by atoms with E-state index in [0.29, 0.717) is 54.3 Å². The fourth-order valence-electron chi connectivity index (χ4n) is 4.24. The second-order valence-corrected chi connectivity index (χ2v) is 9.95. The zero-order chi connectivity index (χ0) is 22.2. The third kappa shape index (κ3) is 4.35. The molecular formula is C21H26N4O5S. The summed E-state index contributed by atoms with van der Waals surface area (Å²) >= 11 is 0. The number of nitrogens with zero attached hydrogens (tertiary/aromatic N) is 3. The second-order valence-electron chi connectivity index (χ2n) is 7.97. The predicted molar refractivity (Wildman–Crippen MR) is 114 cm³/mol. The van der Waals surface area contributed by atoms with Crippen molar-refractivity contribution in [1.82, 2.24) is 19.2 Å². The number of methoxy groups -OCH3 is 1. The van der Waals surface area contributed by atoms with Crippen LogP contribution in [0.15, 0.2) is 29.1 Å². The molecule has 1 amide bonds. The molecule has 0 aliphatic carbocycles. The smallest absolute Gasteiger partial charge is 0.255 e. The SMILES string of the molecule is COc1cccc(C(=O)N2CCCC[C@H]2c2nc3c(c(=O)[nH]2)CN(S(C)(=O)=O)CC3)c1. The van der Waals surface area contributed by atoms with Gasteiger partial charge < -0.3 is 14.6 Å². The fraction of sp³-hybridized carbons (Fsp3) is 0.476. The minimum atomic E-state index is -3.38. The zero-order valence-corrected chi connectivity index (χ0v) is 18.4. The lowest BCUT2D eigenvalue weighted by Gasteiger charge is -2.35. The van der Waals surface area contributed by atoms with Crippen molar-refractivity contribution >= 4 is 15.9 Å². The Labute approximate surface area is 181 Å². The van der Waals surface area contributed by atoms with E-state index in [1.54, 1.807) is 36.3 Å². The van der Waals surface area contributed by atoms with E-state index in [-0.39, 0.29) is 24.1 Å². The number of carbonyl (C=O) groups excluding carboxylic acids is 1. The Balaban J connectivity index is 1.65. The number of H-pyrrole nitrogens is 1. The number of rotatable bonds is 4. The van der Waals surface area contributed by atoms with Crippen LogP contribution in [0.3, 0.4) is 0 Å². The molecule has 0 radical (unpaired) electrons. The Morgan fingerprint density at radius 1 is 1.26 bits per heavy atom. The van der Waals surface area contributed by atoms with Crippen molar-refractivity contribution in [3.05, 3.63) is 57.3 Å². The Morgan fingerprint density at radius 3 is 2.81 bits per heavy atom. The normalized spacial score (nSPS) is 19.7. The lowest BCUT2D eigenvalue weighted by Crippen LogP contribution is -2.42. The van der Waals surface area contributed by atoms with Crippen molar-refractivity contribution in [2.24, 2.45) is 0 Å². The molecule has 1 saturated heterocycles. The van der Waals surface area contributed by atoms with Crippen LogP contribution in [0, 0.1) is 0 Å². The van der Waals surface area contributed by atoms with E-state index in [4.69, 9.17) is 4.74 Å². The number of piperidine rings is 1. The summed E-state index contributed by atoms with van der Waals surface area (Å²) in [4.78, 5) is 35.3. The molecule has 1 atom stereocenters. The summed E-state index contributed by atoms with van der Waals surface area (Å²) in [6.07, 6.45) is 4.01. The molecule has 0 saturated carbocycles. The maximum Gasteiger partial charge on any atom is 0.255 e. The monoisotopic (exact) mass is 446 g/mol. The second kappa shape index (κ2) is 8.43. The maximum absolute atomic E-state index is 13.3. The van der Waals surface area contributed by atoms with E-state index in [1.165, 1.54) is 4.31 Å². The van der Waals surface area contributed by atoms with E-state index in [2.05, 4.69) is 9.97 Å². The Kier molecular flexibility index (Phi) is 5.85. The summed E-state index contributed by atoms with van der Waals surface area (Å²) in [5.74, 6) is 0.940. The fourth-order valence-corrected chi connectivity index (χ4v) is 5.03. The number of aromatic nitrogens is 2. The standard InChI is InChI=1S/C21H26N4O5S/c1-30-15-7-5-6-14(12-15)21(27)25-10-4-3-8-18(25)19-22-17-9-11-24(31(2,28)29)13-16(17)20(26)23-19/h5-7,12,18H,3-4,8-11,13H2,1-2H3,(H,22,23,26)/t18-/m0/s1. The summed E-state index contributed by atoms with van der Waals surface area (Å²) in [7, 11) is -1.83. The number of aromatic amines is 1. The minimum Gasteiger partial charge on any atom is -0.497 e. The Morgan fingerprint density at radius 2 is 2.06 bits per heavy atom. The summed E-state index contributed by atoms with van der Waals surface area (Å²) < 4.78 is 30.2. The van der Waals surface area contributed by atoms with E-state index in [1.807, 2.05) is 0 Å². The molecule has 4 rings (SSSR count). The van der Waals surface area contributed by atoms with E-state index in [9.17, 15) is 18.0 Å². The Bertz CT molecular complexity index is 1160. The van der Waals surface area contributed by atoms with Crippen molar-refractivity contribution in [3.8, 4) is 5.75 Å². The van der Waals surface area contributed by atoms with Crippen LogP contribution in [-0.2, 0) is 23.0 Å². The average molecular weight is 447 g/mol. The molecule has 2 aromatic rings. The van der Waals surface area contributed by atoms with Crippen molar-refractivity contribution < 1.29 is 17.9 Å². The topological polar surface area (TPSA) is 113 Å². The molecule has 0 bridgehead atoms. The highest BCUT2D eigenvalue weighted by Gasteiger charge is 2.33. The first-order valence-electron chi connectivity index (χ1n) is 10.3. The van der Waals surface area contributed by atoms with Gasteiger partial charge in [0.2, 0.25) is 10.0 Å². The van der Waals surface area contributed by atoms with Gasteiger partial charge in [0.1, 0.15) is 11.6 Å². The zero-order valence-electron chi connectivity index (χ0n) is 17.6. The largest absolute Gasteiger partial charge is 0.497 e. The van der Waals surface area contributed by atoms with E-state index >= 15 is 0 Å². The van der Waals surface area contributed by atoms with Crippen LogP contribution < -0.4 is 10.3 Å². The van der Waals surface area contributed by atoms with Crippen molar-refractivity contribution in [2.45, 2.75) is 38.3 Å². The highest BCUT2D eigenvalue weighted by Crippen LogP contribution is 2.31. The molecule has 0 spiro atoms. The molecule has 1 fully saturated rings. The van der Waals surface area contributed by atoms with Crippen LogP contribution in [0.25, 0.3) is 0 Å². The summed E-state index contributed by atoms with van der Waals surface area (Å²) in [5.41, 5.74) is 1.17. The van der Waals surface area contributed by atoms with Gasteiger partial charge in [-0.25, -0.2) is 13.4 Å². The quantitative estimate of drug-likeness (QED) is 0.761. The van der Waals surface area contributed by atoms with Crippen molar-refractivity contribution in [2.75, 3.05) is 26.5 Å². The van der Waals surface area contributed by atoms with Gasteiger partial charge in [-0.2, -0.15) is 4.31 Å². The summed E-state index contributed by atoms with van der Waals surface area (Å²) in [6, 6.07) is 6.68. The number of likely N-dealkylation sites (tertiary alicyclic amines) is 1. The van der Waals surface area contributed by atoms with E-state index < -0.39 is 10.0 Å². The predicted octanol–water partition coefficient (Wildman–Crippen LogP) is 1.46. The number of fused-ring (bicyclic) bond motifs is 1. The molecule has 0 unspecified atom stereocenters. The first-order chi connectivity index (χ1) is 14.8. The third-order valence-corrected chi connectivity index (χ3v) is 7.17. The van der Waals surface area contributed by atoms with Gasteiger partial charge in [0, 0.05) is 31.6 Å². The van der Waals surface area contributed by atoms with Gasteiger partial charge in [-0.3, -0.25) is 9.59 Å². The average Bonchev–Trinajstić information content (AvgIpc) is 2.77. The Hall–Kier alpha value is -2.72. The van der Waals surface area contributed by atoms with Crippen molar-refractivity contribution in [1.29, 1.82) is 0 Å². The van der Waals surface area contributed by atoms with Gasteiger partial charge in [-0.05, 0) is 37.5 Å². The minimum absolute atomic E-state index is 0.0217. The highest BCUT2D eigenvalue weighted by molar-refractivity contribution is 7.88. The van der Waals surface area contributed by atoms with Gasteiger partial charge in [0.05, 0.1) is 30.7 Å². The maximum atomic E-state index is 13.3. The molecule has 1 aromatic heterocycles. The summed E-state index contributed by atoms with van der Waals surface area (Å²) in [5, 5.41) is 0. The molecular weight excluding hydrogens is 420 g/mol. The number of ether oxygens (including phenoxy) is 1. The molecule has 9 nitrogen and oxygen atoms in total.